The Morgan fingerprint density at radius 1 is 1.26 bits per heavy atom. The molecule has 0 bridgehead atoms. The molecule has 2 fully saturated rings. The van der Waals surface area contributed by atoms with Crippen LogP contribution in [0.1, 0.15) is 51.9 Å². The van der Waals surface area contributed by atoms with Gasteiger partial charge in [0.2, 0.25) is 0 Å². The summed E-state index contributed by atoms with van der Waals surface area (Å²) < 4.78 is 30.3. The van der Waals surface area contributed by atoms with Gasteiger partial charge < -0.3 is 10.5 Å². The molecular weight excluding hydrogens is 262 g/mol. The lowest BCUT2D eigenvalue weighted by Gasteiger charge is -2.33. The smallest absolute Gasteiger partial charge is 0.153 e. The van der Waals surface area contributed by atoms with Crippen LogP contribution in [0, 0.1) is 5.92 Å². The molecule has 4 nitrogen and oxygen atoms in total. The van der Waals surface area contributed by atoms with Crippen molar-refractivity contribution >= 4 is 9.84 Å². The van der Waals surface area contributed by atoms with E-state index in [9.17, 15) is 8.42 Å². The molecule has 1 aliphatic carbocycles. The van der Waals surface area contributed by atoms with Crippen LogP contribution in [0.25, 0.3) is 0 Å². The summed E-state index contributed by atoms with van der Waals surface area (Å²) in [5, 5.41) is 0. The largest absolute Gasteiger partial charge is 0.371 e. The van der Waals surface area contributed by atoms with Crippen LogP contribution in [0.4, 0.5) is 0 Å². The molecule has 0 amide bonds. The summed E-state index contributed by atoms with van der Waals surface area (Å²) in [6.07, 6.45) is 7.82. The Hall–Kier alpha value is -0.130. The van der Waals surface area contributed by atoms with Crippen molar-refractivity contribution in [2.45, 2.75) is 63.6 Å². The van der Waals surface area contributed by atoms with Crippen LogP contribution in [0.2, 0.25) is 0 Å². The molecule has 0 radical (unpaired) electrons. The lowest BCUT2D eigenvalue weighted by Crippen LogP contribution is -2.34. The summed E-state index contributed by atoms with van der Waals surface area (Å²) >= 11 is 0. The molecule has 1 aliphatic heterocycles. The lowest BCUT2D eigenvalue weighted by molar-refractivity contribution is -0.0559. The minimum atomic E-state index is -3.04. The van der Waals surface area contributed by atoms with E-state index in [1.807, 2.05) is 6.92 Å². The van der Waals surface area contributed by atoms with Gasteiger partial charge in [-0.3, -0.25) is 0 Å². The molecule has 5 heteroatoms. The fourth-order valence-electron chi connectivity index (χ4n) is 3.43. The van der Waals surface area contributed by atoms with Crippen molar-refractivity contribution in [3.05, 3.63) is 0 Å². The third kappa shape index (κ3) is 4.17. The van der Waals surface area contributed by atoms with Crippen LogP contribution in [0.5, 0.6) is 0 Å². The van der Waals surface area contributed by atoms with Gasteiger partial charge >= 0.3 is 0 Å². The first-order valence-electron chi connectivity index (χ1n) is 7.53. The first-order chi connectivity index (χ1) is 8.95. The van der Waals surface area contributed by atoms with Crippen molar-refractivity contribution in [2.75, 3.05) is 18.1 Å². The van der Waals surface area contributed by atoms with Crippen LogP contribution in [-0.4, -0.2) is 38.2 Å². The van der Waals surface area contributed by atoms with E-state index < -0.39 is 9.84 Å². The Morgan fingerprint density at radius 3 is 2.58 bits per heavy atom. The first kappa shape index (κ1) is 15.3. The van der Waals surface area contributed by atoms with Crippen molar-refractivity contribution in [3.63, 3.8) is 0 Å². The van der Waals surface area contributed by atoms with E-state index in [-0.39, 0.29) is 29.1 Å². The van der Waals surface area contributed by atoms with E-state index >= 15 is 0 Å². The second-order valence-electron chi connectivity index (χ2n) is 6.44. The van der Waals surface area contributed by atoms with Gasteiger partial charge in [0.25, 0.3) is 0 Å². The van der Waals surface area contributed by atoms with E-state index in [0.29, 0.717) is 6.54 Å². The maximum absolute atomic E-state index is 12.1. The van der Waals surface area contributed by atoms with Crippen LogP contribution >= 0.6 is 0 Å². The third-order valence-electron chi connectivity index (χ3n) is 4.48. The highest BCUT2D eigenvalue weighted by Crippen LogP contribution is 2.42. The fraction of sp³-hybridized carbons (Fsp3) is 1.00. The fourth-order valence-corrected chi connectivity index (χ4v) is 5.37. The van der Waals surface area contributed by atoms with Crippen molar-refractivity contribution in [1.29, 1.82) is 0 Å². The number of hydrogen-bond acceptors (Lipinski definition) is 4. The van der Waals surface area contributed by atoms with E-state index in [2.05, 4.69) is 0 Å². The molecule has 2 atom stereocenters. The molecule has 0 aromatic carbocycles. The highest BCUT2D eigenvalue weighted by atomic mass is 32.2. The summed E-state index contributed by atoms with van der Waals surface area (Å²) in [6.45, 7) is 2.31. The van der Waals surface area contributed by atoms with Gasteiger partial charge in [0.1, 0.15) is 0 Å². The first-order valence-corrected chi connectivity index (χ1v) is 9.35. The summed E-state index contributed by atoms with van der Waals surface area (Å²) in [6, 6.07) is 0. The molecule has 2 N–H and O–H groups in total. The number of nitrogens with two attached hydrogens (primary N) is 1. The maximum atomic E-state index is 12.1. The van der Waals surface area contributed by atoms with Gasteiger partial charge in [0.15, 0.2) is 9.84 Å². The summed E-state index contributed by atoms with van der Waals surface area (Å²) in [5.41, 5.74) is 5.52. The maximum Gasteiger partial charge on any atom is 0.153 e. The molecule has 2 unspecified atom stereocenters. The monoisotopic (exact) mass is 289 g/mol. The van der Waals surface area contributed by atoms with E-state index in [1.54, 1.807) is 0 Å². The molecule has 2 aliphatic rings. The molecule has 1 saturated heterocycles. The summed E-state index contributed by atoms with van der Waals surface area (Å²) in [4.78, 5) is 0. The zero-order valence-electron chi connectivity index (χ0n) is 11.9. The third-order valence-corrected chi connectivity index (χ3v) is 6.44. The zero-order chi connectivity index (χ0) is 13.9. The Kier molecular flexibility index (Phi) is 4.90. The van der Waals surface area contributed by atoms with Crippen molar-refractivity contribution in [1.82, 2.24) is 0 Å². The van der Waals surface area contributed by atoms with Crippen molar-refractivity contribution in [2.24, 2.45) is 11.7 Å². The second kappa shape index (κ2) is 6.10. The Bertz CT molecular complexity index is 387. The second-order valence-corrected chi connectivity index (χ2v) is 8.59. The molecule has 0 aromatic rings. The molecule has 1 saturated carbocycles. The van der Waals surface area contributed by atoms with Gasteiger partial charge in [0, 0.05) is 0 Å². The molecule has 2 rings (SSSR count). The molecule has 19 heavy (non-hydrogen) atoms. The molecule has 1 heterocycles. The van der Waals surface area contributed by atoms with Crippen LogP contribution < -0.4 is 5.73 Å². The van der Waals surface area contributed by atoms with Crippen LogP contribution in [-0.2, 0) is 14.6 Å². The quantitative estimate of drug-likeness (QED) is 0.839. The van der Waals surface area contributed by atoms with Crippen molar-refractivity contribution < 1.29 is 13.2 Å². The average Bonchev–Trinajstić information content (AvgIpc) is 2.71. The van der Waals surface area contributed by atoms with Gasteiger partial charge in [-0.2, -0.15) is 0 Å². The van der Waals surface area contributed by atoms with Gasteiger partial charge in [0.05, 0.1) is 23.2 Å². The Morgan fingerprint density at radius 2 is 1.95 bits per heavy atom. The molecule has 1 spiro atoms. The topological polar surface area (TPSA) is 69.4 Å². The standard InChI is InChI=1S/C14H27NO3S/c1-12(9-15)10-19(16,17)11-13-5-8-14(18-13)6-3-2-4-7-14/h12-13H,2-11,15H2,1H3. The Labute approximate surface area is 117 Å². The zero-order valence-corrected chi connectivity index (χ0v) is 12.8. The highest BCUT2D eigenvalue weighted by molar-refractivity contribution is 7.91. The van der Waals surface area contributed by atoms with Gasteiger partial charge in [-0.05, 0) is 38.1 Å². The summed E-state index contributed by atoms with van der Waals surface area (Å²) in [5.74, 6) is 0.408. The molecule has 0 aromatic heterocycles. The van der Waals surface area contributed by atoms with Crippen molar-refractivity contribution in [3.8, 4) is 0 Å². The minimum absolute atomic E-state index is 0.0118. The number of hydrogen-bond donors (Lipinski definition) is 1. The summed E-state index contributed by atoms with van der Waals surface area (Å²) in [7, 11) is -3.04. The van der Waals surface area contributed by atoms with Gasteiger partial charge in [-0.25, -0.2) is 8.42 Å². The van der Waals surface area contributed by atoms with Crippen LogP contribution in [0.3, 0.4) is 0 Å². The normalized spacial score (nSPS) is 28.6. The Balaban J connectivity index is 1.87. The van der Waals surface area contributed by atoms with Gasteiger partial charge in [-0.1, -0.05) is 26.2 Å². The van der Waals surface area contributed by atoms with Crippen LogP contribution in [0.15, 0.2) is 0 Å². The molecular formula is C14H27NO3S. The SMILES string of the molecule is CC(CN)CS(=O)(=O)CC1CCC2(CCCCC2)O1. The van der Waals surface area contributed by atoms with E-state index in [1.165, 1.54) is 19.3 Å². The predicted octanol–water partition coefficient (Wildman–Crippen LogP) is 1.88. The van der Waals surface area contributed by atoms with E-state index in [0.717, 1.165) is 25.7 Å². The number of rotatable bonds is 5. The van der Waals surface area contributed by atoms with E-state index in [4.69, 9.17) is 10.5 Å². The average molecular weight is 289 g/mol. The van der Waals surface area contributed by atoms with Gasteiger partial charge in [-0.15, -0.1) is 0 Å². The molecule has 112 valence electrons. The predicted molar refractivity (Wildman–Crippen MR) is 76.8 cm³/mol. The lowest BCUT2D eigenvalue weighted by atomic mass is 9.83. The number of ether oxygens (including phenoxy) is 1. The minimum Gasteiger partial charge on any atom is -0.371 e. The number of sulfone groups is 1. The highest BCUT2D eigenvalue weighted by Gasteiger charge is 2.42.